The zero-order valence-corrected chi connectivity index (χ0v) is 8.09. The molecule has 0 saturated heterocycles. The summed E-state index contributed by atoms with van der Waals surface area (Å²) in [5.41, 5.74) is 5.19. The molecule has 2 N–H and O–H groups in total. The fourth-order valence-electron chi connectivity index (χ4n) is 0.743. The Bertz CT molecular complexity index is 151. The minimum Gasteiger partial charge on any atom is -0.469 e. The molecule has 0 aromatic carbocycles. The highest BCUT2D eigenvalue weighted by molar-refractivity contribution is 5.69. The number of esters is 1. The van der Waals surface area contributed by atoms with Gasteiger partial charge in [0.2, 0.25) is 0 Å². The fourth-order valence-corrected chi connectivity index (χ4v) is 0.743. The Morgan fingerprint density at radius 1 is 1.50 bits per heavy atom. The van der Waals surface area contributed by atoms with Crippen LogP contribution in [-0.2, 0) is 14.3 Å². The van der Waals surface area contributed by atoms with E-state index >= 15 is 0 Å². The maximum Gasteiger partial charge on any atom is 0.309 e. The van der Waals surface area contributed by atoms with Crippen LogP contribution in [0.5, 0.6) is 0 Å². The van der Waals surface area contributed by atoms with E-state index in [-0.39, 0.29) is 18.0 Å². The van der Waals surface area contributed by atoms with Gasteiger partial charge in [-0.15, -0.1) is 0 Å². The van der Waals surface area contributed by atoms with E-state index in [4.69, 9.17) is 10.5 Å². The Morgan fingerprint density at radius 3 is 2.33 bits per heavy atom. The molecule has 0 fully saturated rings. The van der Waals surface area contributed by atoms with Crippen molar-refractivity contribution in [3.63, 3.8) is 0 Å². The van der Waals surface area contributed by atoms with E-state index < -0.39 is 6.23 Å². The van der Waals surface area contributed by atoms with Crippen LogP contribution < -0.4 is 5.73 Å². The third kappa shape index (κ3) is 6.12. The van der Waals surface area contributed by atoms with Gasteiger partial charge in [0.05, 0.1) is 19.1 Å². The maximum atomic E-state index is 10.7. The molecular weight excluding hydrogens is 158 g/mol. The van der Waals surface area contributed by atoms with Gasteiger partial charge in [0.1, 0.15) is 6.23 Å². The van der Waals surface area contributed by atoms with Crippen LogP contribution in [-0.4, -0.2) is 24.9 Å². The van der Waals surface area contributed by atoms with Crippen LogP contribution in [0.15, 0.2) is 0 Å². The molecule has 0 bridgehead atoms. The quantitative estimate of drug-likeness (QED) is 0.505. The van der Waals surface area contributed by atoms with Gasteiger partial charge < -0.3 is 15.2 Å². The topological polar surface area (TPSA) is 61.5 Å². The minimum absolute atomic E-state index is 0.0910. The van der Waals surface area contributed by atoms with Gasteiger partial charge in [-0.3, -0.25) is 4.79 Å². The molecule has 0 aliphatic heterocycles. The number of methoxy groups -OCH3 is 1. The van der Waals surface area contributed by atoms with Gasteiger partial charge >= 0.3 is 5.97 Å². The van der Waals surface area contributed by atoms with Crippen LogP contribution in [0.3, 0.4) is 0 Å². The second-order valence-corrected chi connectivity index (χ2v) is 3.55. The molecule has 0 aliphatic rings. The molecule has 1 atom stereocenters. The Balaban J connectivity index is 3.74. The Hall–Kier alpha value is -0.610. The molecule has 0 saturated carbocycles. The van der Waals surface area contributed by atoms with E-state index in [0.717, 1.165) is 0 Å². The first kappa shape index (κ1) is 11.4. The zero-order chi connectivity index (χ0) is 9.78. The lowest BCUT2D eigenvalue weighted by molar-refractivity contribution is -0.146. The van der Waals surface area contributed by atoms with Gasteiger partial charge in [0.15, 0.2) is 0 Å². The van der Waals surface area contributed by atoms with Gasteiger partial charge in [0.25, 0.3) is 0 Å². The molecule has 0 aromatic rings. The lowest BCUT2D eigenvalue weighted by atomic mass is 10.2. The number of ether oxygens (including phenoxy) is 2. The summed E-state index contributed by atoms with van der Waals surface area (Å²) in [6, 6.07) is 0. The summed E-state index contributed by atoms with van der Waals surface area (Å²) >= 11 is 0. The van der Waals surface area contributed by atoms with Gasteiger partial charge in [-0.1, -0.05) is 0 Å². The number of nitrogens with two attached hydrogens (primary N) is 1. The first-order valence-corrected chi connectivity index (χ1v) is 3.85. The van der Waals surface area contributed by atoms with Crippen LogP contribution in [0.1, 0.15) is 27.2 Å². The van der Waals surface area contributed by atoms with Crippen LogP contribution in [0.2, 0.25) is 0 Å². The van der Waals surface area contributed by atoms with Crippen LogP contribution in [0.4, 0.5) is 0 Å². The zero-order valence-electron chi connectivity index (χ0n) is 8.09. The van der Waals surface area contributed by atoms with Crippen LogP contribution in [0.25, 0.3) is 0 Å². The summed E-state index contributed by atoms with van der Waals surface area (Å²) in [7, 11) is 1.33. The molecule has 4 nitrogen and oxygen atoms in total. The van der Waals surface area contributed by atoms with E-state index in [1.807, 2.05) is 20.8 Å². The van der Waals surface area contributed by atoms with Crippen molar-refractivity contribution in [2.75, 3.05) is 7.11 Å². The van der Waals surface area contributed by atoms with Crippen molar-refractivity contribution in [1.29, 1.82) is 0 Å². The molecule has 4 heteroatoms. The number of rotatable bonds is 3. The minimum atomic E-state index is -0.586. The summed E-state index contributed by atoms with van der Waals surface area (Å²) in [5, 5.41) is 0. The van der Waals surface area contributed by atoms with Crippen molar-refractivity contribution in [3.05, 3.63) is 0 Å². The normalized spacial score (nSPS) is 14.1. The van der Waals surface area contributed by atoms with E-state index in [9.17, 15) is 4.79 Å². The fraction of sp³-hybridized carbons (Fsp3) is 0.875. The lowest BCUT2D eigenvalue weighted by Crippen LogP contribution is -2.35. The summed E-state index contributed by atoms with van der Waals surface area (Å²) in [6.45, 7) is 5.64. The van der Waals surface area contributed by atoms with E-state index in [1.165, 1.54) is 7.11 Å². The van der Waals surface area contributed by atoms with Gasteiger partial charge in [0, 0.05) is 0 Å². The SMILES string of the molecule is COC(=O)CC(N)OC(C)(C)C. The monoisotopic (exact) mass is 175 g/mol. The standard InChI is InChI=1S/C8H17NO3/c1-8(2,3)12-6(9)5-7(10)11-4/h6H,5,9H2,1-4H3. The predicted octanol–water partition coefficient (Wildman–Crippen LogP) is 0.649. The first-order chi connectivity index (χ1) is 5.35. The number of hydrogen-bond donors (Lipinski definition) is 1. The summed E-state index contributed by atoms with van der Waals surface area (Å²) in [5.74, 6) is -0.355. The average molecular weight is 175 g/mol. The van der Waals surface area contributed by atoms with Crippen molar-refractivity contribution in [3.8, 4) is 0 Å². The molecular formula is C8H17NO3. The number of hydrogen-bond acceptors (Lipinski definition) is 4. The third-order valence-corrected chi connectivity index (χ3v) is 1.10. The van der Waals surface area contributed by atoms with E-state index in [1.54, 1.807) is 0 Å². The molecule has 0 heterocycles. The number of carbonyl (C=O) groups excluding carboxylic acids is 1. The molecule has 0 rings (SSSR count). The van der Waals surface area contributed by atoms with Crippen molar-refractivity contribution >= 4 is 5.97 Å². The van der Waals surface area contributed by atoms with Crippen molar-refractivity contribution in [1.82, 2.24) is 0 Å². The summed E-state index contributed by atoms with van der Waals surface area (Å²) in [4.78, 5) is 10.7. The van der Waals surface area contributed by atoms with Crippen molar-refractivity contribution < 1.29 is 14.3 Å². The first-order valence-electron chi connectivity index (χ1n) is 3.85. The number of carbonyl (C=O) groups is 1. The molecule has 0 aromatic heterocycles. The molecule has 72 valence electrons. The molecule has 12 heavy (non-hydrogen) atoms. The molecule has 1 unspecified atom stereocenters. The largest absolute Gasteiger partial charge is 0.469 e. The summed E-state index contributed by atoms with van der Waals surface area (Å²) < 4.78 is 9.72. The second kappa shape index (κ2) is 4.42. The van der Waals surface area contributed by atoms with Crippen molar-refractivity contribution in [2.45, 2.75) is 39.0 Å². The van der Waals surface area contributed by atoms with Gasteiger partial charge in [-0.25, -0.2) is 0 Å². The lowest BCUT2D eigenvalue weighted by Gasteiger charge is -2.23. The van der Waals surface area contributed by atoms with Gasteiger partial charge in [-0.2, -0.15) is 0 Å². The second-order valence-electron chi connectivity index (χ2n) is 3.55. The van der Waals surface area contributed by atoms with Crippen LogP contribution in [0, 0.1) is 0 Å². The predicted molar refractivity (Wildman–Crippen MR) is 45.4 cm³/mol. The highest BCUT2D eigenvalue weighted by Crippen LogP contribution is 2.09. The smallest absolute Gasteiger partial charge is 0.309 e. The Labute approximate surface area is 73.0 Å². The average Bonchev–Trinajstić information content (AvgIpc) is 1.82. The maximum absolute atomic E-state index is 10.7. The Morgan fingerprint density at radius 2 is 2.00 bits per heavy atom. The molecule has 0 amide bonds. The third-order valence-electron chi connectivity index (χ3n) is 1.10. The summed E-state index contributed by atoms with van der Waals surface area (Å²) in [6.07, 6.45) is -0.495. The van der Waals surface area contributed by atoms with E-state index in [0.29, 0.717) is 0 Å². The van der Waals surface area contributed by atoms with Crippen molar-refractivity contribution in [2.24, 2.45) is 5.73 Å². The van der Waals surface area contributed by atoms with Crippen LogP contribution >= 0.6 is 0 Å². The highest BCUT2D eigenvalue weighted by atomic mass is 16.5. The molecule has 0 radical (unpaired) electrons. The Kier molecular flexibility index (Phi) is 4.20. The van der Waals surface area contributed by atoms with Gasteiger partial charge in [-0.05, 0) is 20.8 Å². The van der Waals surface area contributed by atoms with E-state index in [2.05, 4.69) is 4.74 Å². The highest BCUT2D eigenvalue weighted by Gasteiger charge is 2.17. The molecule has 0 aliphatic carbocycles. The molecule has 0 spiro atoms.